The Morgan fingerprint density at radius 1 is 1.15 bits per heavy atom. The number of nitrogens with zero attached hydrogens (tertiary/aromatic N) is 4. The van der Waals surface area contributed by atoms with Crippen molar-refractivity contribution in [2.45, 2.75) is 13.5 Å². The zero-order valence-electron chi connectivity index (χ0n) is 14.5. The summed E-state index contributed by atoms with van der Waals surface area (Å²) in [6.07, 6.45) is 1.39. The van der Waals surface area contributed by atoms with Gasteiger partial charge in [0.25, 0.3) is 5.91 Å². The number of nitrogens with one attached hydrogen (secondary N) is 2. The van der Waals surface area contributed by atoms with Crippen LogP contribution in [-0.4, -0.2) is 26.8 Å². The molecule has 3 aromatic rings. The fourth-order valence-electron chi connectivity index (χ4n) is 2.39. The van der Waals surface area contributed by atoms with E-state index in [2.05, 4.69) is 20.9 Å². The van der Waals surface area contributed by atoms with Crippen LogP contribution < -0.4 is 10.6 Å². The number of hydrogen-bond acceptors (Lipinski definition) is 5. The van der Waals surface area contributed by atoms with Gasteiger partial charge in [-0.1, -0.05) is 29.5 Å². The topological polar surface area (TPSA) is 113 Å². The molecule has 0 aliphatic heterocycles. The molecule has 134 valence electrons. The lowest BCUT2D eigenvalue weighted by Gasteiger charge is -2.11. The second kappa shape index (κ2) is 7.93. The standard InChI is InChI=1S/C19H16N6O2/c1-13-7-8-14(19(27)21-15-5-3-2-4-6-15)9-17(13)22-18(26)12-25-11-16(10-20)23-24-25/h2-9,11H,12H2,1H3,(H,21,27)(H,22,26). The molecule has 0 saturated carbocycles. The minimum Gasteiger partial charge on any atom is -0.324 e. The number of hydrogen-bond donors (Lipinski definition) is 2. The van der Waals surface area contributed by atoms with Crippen molar-refractivity contribution < 1.29 is 9.59 Å². The van der Waals surface area contributed by atoms with Gasteiger partial charge in [0.05, 0.1) is 6.20 Å². The molecule has 8 nitrogen and oxygen atoms in total. The van der Waals surface area contributed by atoms with Crippen molar-refractivity contribution in [3.8, 4) is 6.07 Å². The molecule has 2 aromatic carbocycles. The van der Waals surface area contributed by atoms with Gasteiger partial charge in [-0.2, -0.15) is 5.26 Å². The van der Waals surface area contributed by atoms with E-state index in [1.165, 1.54) is 10.9 Å². The van der Waals surface area contributed by atoms with E-state index in [1.807, 2.05) is 31.2 Å². The molecule has 27 heavy (non-hydrogen) atoms. The van der Waals surface area contributed by atoms with Crippen LogP contribution in [0.25, 0.3) is 0 Å². The van der Waals surface area contributed by atoms with Crippen molar-refractivity contribution in [2.24, 2.45) is 0 Å². The van der Waals surface area contributed by atoms with E-state index in [0.29, 0.717) is 16.9 Å². The van der Waals surface area contributed by atoms with E-state index in [4.69, 9.17) is 5.26 Å². The SMILES string of the molecule is Cc1ccc(C(=O)Nc2ccccc2)cc1NC(=O)Cn1cc(C#N)nn1. The first-order valence-corrected chi connectivity index (χ1v) is 8.12. The number of carbonyl (C=O) groups excluding carboxylic acids is 2. The maximum atomic E-state index is 12.4. The number of nitriles is 1. The number of carbonyl (C=O) groups is 2. The summed E-state index contributed by atoms with van der Waals surface area (Å²) in [7, 11) is 0. The zero-order valence-corrected chi connectivity index (χ0v) is 14.5. The molecule has 0 aliphatic rings. The molecule has 1 aromatic heterocycles. The van der Waals surface area contributed by atoms with Crippen LogP contribution in [0.2, 0.25) is 0 Å². The Labute approximate surface area is 155 Å². The molecule has 0 atom stereocenters. The number of rotatable bonds is 5. The van der Waals surface area contributed by atoms with Gasteiger partial charge in [-0.05, 0) is 36.8 Å². The van der Waals surface area contributed by atoms with Crippen molar-refractivity contribution in [3.63, 3.8) is 0 Å². The highest BCUT2D eigenvalue weighted by atomic mass is 16.2. The number of para-hydroxylation sites is 1. The summed E-state index contributed by atoms with van der Waals surface area (Å²) in [4.78, 5) is 24.6. The average molecular weight is 360 g/mol. The van der Waals surface area contributed by atoms with E-state index in [-0.39, 0.29) is 24.1 Å². The summed E-state index contributed by atoms with van der Waals surface area (Å²) in [5.74, 6) is -0.611. The van der Waals surface area contributed by atoms with E-state index >= 15 is 0 Å². The summed E-state index contributed by atoms with van der Waals surface area (Å²) in [6, 6.07) is 16.0. The molecule has 2 N–H and O–H groups in total. The molecule has 0 fully saturated rings. The molecule has 8 heteroatoms. The Balaban J connectivity index is 1.70. The largest absolute Gasteiger partial charge is 0.324 e. The Bertz CT molecular complexity index is 1020. The Morgan fingerprint density at radius 2 is 1.93 bits per heavy atom. The van der Waals surface area contributed by atoms with E-state index < -0.39 is 0 Å². The van der Waals surface area contributed by atoms with Gasteiger partial charge in [0.1, 0.15) is 12.6 Å². The first-order chi connectivity index (χ1) is 13.0. The predicted molar refractivity (Wildman–Crippen MR) is 98.9 cm³/mol. The predicted octanol–water partition coefficient (Wildman–Crippen LogP) is 2.35. The molecule has 0 bridgehead atoms. The minimum atomic E-state index is -0.340. The normalized spacial score (nSPS) is 10.1. The van der Waals surface area contributed by atoms with E-state index in [1.54, 1.807) is 30.3 Å². The third-order valence-electron chi connectivity index (χ3n) is 3.76. The smallest absolute Gasteiger partial charge is 0.255 e. The average Bonchev–Trinajstić information content (AvgIpc) is 3.11. The van der Waals surface area contributed by atoms with Crippen molar-refractivity contribution in [3.05, 3.63) is 71.5 Å². The highest BCUT2D eigenvalue weighted by Gasteiger charge is 2.12. The maximum Gasteiger partial charge on any atom is 0.255 e. The van der Waals surface area contributed by atoms with Gasteiger partial charge >= 0.3 is 0 Å². The number of amides is 2. The second-order valence-corrected chi connectivity index (χ2v) is 5.81. The molecule has 2 amide bonds. The first-order valence-electron chi connectivity index (χ1n) is 8.12. The Morgan fingerprint density at radius 3 is 2.63 bits per heavy atom. The summed E-state index contributed by atoms with van der Waals surface area (Å²) in [5, 5.41) is 21.6. The molecule has 0 aliphatic carbocycles. The van der Waals surface area contributed by atoms with Crippen LogP contribution in [0.3, 0.4) is 0 Å². The van der Waals surface area contributed by atoms with Gasteiger partial charge in [-0.25, -0.2) is 4.68 Å². The van der Waals surface area contributed by atoms with Crippen LogP contribution in [0.15, 0.2) is 54.7 Å². The minimum absolute atomic E-state index is 0.0887. The summed E-state index contributed by atoms with van der Waals surface area (Å²) >= 11 is 0. The lowest BCUT2D eigenvalue weighted by atomic mass is 10.1. The Hall–Kier alpha value is -3.99. The second-order valence-electron chi connectivity index (χ2n) is 5.81. The van der Waals surface area contributed by atoms with Crippen LogP contribution >= 0.6 is 0 Å². The van der Waals surface area contributed by atoms with Crippen LogP contribution in [-0.2, 0) is 11.3 Å². The van der Waals surface area contributed by atoms with Crippen LogP contribution in [0.4, 0.5) is 11.4 Å². The molecular weight excluding hydrogens is 344 g/mol. The fraction of sp³-hybridized carbons (Fsp3) is 0.105. The highest BCUT2D eigenvalue weighted by molar-refractivity contribution is 6.05. The molecular formula is C19H16N6O2. The Kier molecular flexibility index (Phi) is 5.23. The molecule has 1 heterocycles. The molecule has 3 rings (SSSR count). The maximum absolute atomic E-state index is 12.4. The molecule has 0 saturated heterocycles. The van der Waals surface area contributed by atoms with Crippen molar-refractivity contribution >= 4 is 23.2 Å². The number of aryl methyl sites for hydroxylation is 1. The zero-order chi connectivity index (χ0) is 19.2. The van der Waals surface area contributed by atoms with Crippen molar-refractivity contribution in [2.75, 3.05) is 10.6 Å². The fourth-order valence-corrected chi connectivity index (χ4v) is 2.39. The first kappa shape index (κ1) is 17.8. The third kappa shape index (κ3) is 4.55. The van der Waals surface area contributed by atoms with Gasteiger partial charge in [-0.3, -0.25) is 9.59 Å². The van der Waals surface area contributed by atoms with Crippen LogP contribution in [0.1, 0.15) is 21.6 Å². The van der Waals surface area contributed by atoms with Gasteiger partial charge < -0.3 is 10.6 Å². The summed E-state index contributed by atoms with van der Waals surface area (Å²) < 4.78 is 1.27. The van der Waals surface area contributed by atoms with E-state index in [9.17, 15) is 9.59 Å². The van der Waals surface area contributed by atoms with Gasteiger partial charge in [0.2, 0.25) is 5.91 Å². The van der Waals surface area contributed by atoms with Crippen LogP contribution in [0.5, 0.6) is 0 Å². The highest BCUT2D eigenvalue weighted by Crippen LogP contribution is 2.18. The number of anilines is 2. The lowest BCUT2D eigenvalue weighted by Crippen LogP contribution is -2.20. The van der Waals surface area contributed by atoms with Crippen LogP contribution in [0, 0.1) is 18.3 Å². The number of benzene rings is 2. The van der Waals surface area contributed by atoms with E-state index in [0.717, 1.165) is 5.56 Å². The molecule has 0 radical (unpaired) electrons. The van der Waals surface area contributed by atoms with Gasteiger partial charge in [0.15, 0.2) is 5.69 Å². The van der Waals surface area contributed by atoms with Crippen molar-refractivity contribution in [1.82, 2.24) is 15.0 Å². The van der Waals surface area contributed by atoms with Gasteiger partial charge in [0, 0.05) is 16.9 Å². The summed E-state index contributed by atoms with van der Waals surface area (Å²) in [5.41, 5.74) is 2.59. The third-order valence-corrected chi connectivity index (χ3v) is 3.76. The monoisotopic (exact) mass is 360 g/mol. The lowest BCUT2D eigenvalue weighted by molar-refractivity contribution is -0.116. The quantitative estimate of drug-likeness (QED) is 0.725. The molecule has 0 spiro atoms. The van der Waals surface area contributed by atoms with Gasteiger partial charge in [-0.15, -0.1) is 5.10 Å². The summed E-state index contributed by atoms with van der Waals surface area (Å²) in [6.45, 7) is 1.74. The van der Waals surface area contributed by atoms with Crippen molar-refractivity contribution in [1.29, 1.82) is 5.26 Å². The molecule has 0 unspecified atom stereocenters. The number of aromatic nitrogens is 3.